The smallest absolute Gasteiger partial charge is 0.319 e. The Morgan fingerprint density at radius 2 is 2.15 bits per heavy atom. The summed E-state index contributed by atoms with van der Waals surface area (Å²) in [7, 11) is 1.78. The number of aryl methyl sites for hydroxylation is 2. The summed E-state index contributed by atoms with van der Waals surface area (Å²) in [5.74, 6) is -1.52. The summed E-state index contributed by atoms with van der Waals surface area (Å²) in [4.78, 5) is 11.6. The zero-order valence-corrected chi connectivity index (χ0v) is 11.1. The van der Waals surface area contributed by atoms with Crippen LogP contribution < -0.4 is 10.6 Å². The summed E-state index contributed by atoms with van der Waals surface area (Å²) in [5, 5.41) is 9.03. The van der Waals surface area contributed by atoms with Crippen molar-refractivity contribution in [2.75, 3.05) is 5.32 Å². The van der Waals surface area contributed by atoms with Gasteiger partial charge in [0.25, 0.3) is 0 Å². The second-order valence-electron chi connectivity index (χ2n) is 4.35. The van der Waals surface area contributed by atoms with Gasteiger partial charge in [0.2, 0.25) is 0 Å². The van der Waals surface area contributed by atoms with Gasteiger partial charge in [0.1, 0.15) is 11.6 Å². The molecule has 5 nitrogen and oxygen atoms in total. The minimum Gasteiger partial charge on any atom is -0.334 e. The van der Waals surface area contributed by atoms with E-state index in [1.807, 2.05) is 6.92 Å². The zero-order chi connectivity index (χ0) is 14.7. The van der Waals surface area contributed by atoms with Crippen LogP contribution in [0.4, 0.5) is 19.3 Å². The number of carbonyl (C=O) groups is 1. The fourth-order valence-electron chi connectivity index (χ4n) is 1.76. The highest BCUT2D eigenvalue weighted by molar-refractivity contribution is 5.89. The lowest BCUT2D eigenvalue weighted by Crippen LogP contribution is -2.28. The first kappa shape index (κ1) is 14.0. The minimum absolute atomic E-state index is 0.0770. The molecule has 0 bridgehead atoms. The number of urea groups is 1. The molecule has 106 valence electrons. The van der Waals surface area contributed by atoms with Gasteiger partial charge in [-0.15, -0.1) is 0 Å². The molecular formula is C13H14F2N4O. The van der Waals surface area contributed by atoms with E-state index in [9.17, 15) is 13.6 Å². The van der Waals surface area contributed by atoms with Crippen molar-refractivity contribution in [2.45, 2.75) is 13.5 Å². The number of nitrogens with zero attached hydrogens (tertiary/aromatic N) is 2. The normalized spacial score (nSPS) is 10.4. The molecule has 2 aromatic rings. The molecule has 0 unspecified atom stereocenters. The number of aromatic nitrogens is 2. The van der Waals surface area contributed by atoms with Crippen molar-refractivity contribution in [2.24, 2.45) is 7.05 Å². The minimum atomic E-state index is -0.822. The van der Waals surface area contributed by atoms with Crippen molar-refractivity contribution in [3.8, 4) is 0 Å². The van der Waals surface area contributed by atoms with Gasteiger partial charge in [0.05, 0.1) is 11.4 Å². The average Bonchev–Trinajstić information content (AvgIpc) is 2.69. The van der Waals surface area contributed by atoms with Crippen LogP contribution in [0, 0.1) is 18.6 Å². The molecule has 0 fully saturated rings. The Morgan fingerprint density at radius 3 is 2.75 bits per heavy atom. The molecule has 0 saturated heterocycles. The molecule has 2 rings (SSSR count). The number of nitrogens with one attached hydrogen (secondary N) is 2. The predicted octanol–water partition coefficient (Wildman–Crippen LogP) is 2.33. The highest BCUT2D eigenvalue weighted by Crippen LogP contribution is 2.14. The molecule has 0 aliphatic rings. The van der Waals surface area contributed by atoms with Crippen LogP contribution >= 0.6 is 0 Å². The van der Waals surface area contributed by atoms with Crippen molar-refractivity contribution in [3.63, 3.8) is 0 Å². The number of anilines is 1. The van der Waals surface area contributed by atoms with Crippen molar-refractivity contribution in [1.82, 2.24) is 15.1 Å². The van der Waals surface area contributed by atoms with Crippen LogP contribution in [0.2, 0.25) is 0 Å². The van der Waals surface area contributed by atoms with E-state index in [-0.39, 0.29) is 12.2 Å². The number of hydrogen-bond acceptors (Lipinski definition) is 2. The molecule has 0 aliphatic heterocycles. The standard InChI is InChI=1S/C13H14F2N4O/c1-8-9(7-19(2)18-8)6-16-13(20)17-12-4-3-10(14)5-11(12)15/h3-5,7H,6H2,1-2H3,(H2,16,17,20). The van der Waals surface area contributed by atoms with E-state index < -0.39 is 17.7 Å². The first-order chi connectivity index (χ1) is 9.45. The summed E-state index contributed by atoms with van der Waals surface area (Å²) in [6, 6.07) is 2.38. The van der Waals surface area contributed by atoms with E-state index in [4.69, 9.17) is 0 Å². The number of hydrogen-bond donors (Lipinski definition) is 2. The Labute approximate surface area is 114 Å². The molecule has 0 aliphatic carbocycles. The van der Waals surface area contributed by atoms with Gasteiger partial charge in [-0.25, -0.2) is 13.6 Å². The third kappa shape index (κ3) is 3.31. The number of carbonyl (C=O) groups excluding carboxylic acids is 1. The quantitative estimate of drug-likeness (QED) is 0.906. The molecular weight excluding hydrogens is 266 g/mol. The molecule has 20 heavy (non-hydrogen) atoms. The summed E-state index contributed by atoms with van der Waals surface area (Å²) in [5.41, 5.74) is 1.59. The van der Waals surface area contributed by atoms with Crippen LogP contribution in [0.25, 0.3) is 0 Å². The molecule has 0 spiro atoms. The molecule has 2 N–H and O–H groups in total. The van der Waals surface area contributed by atoms with Crippen LogP contribution in [0.15, 0.2) is 24.4 Å². The average molecular weight is 280 g/mol. The second kappa shape index (κ2) is 5.68. The van der Waals surface area contributed by atoms with Gasteiger partial charge in [0.15, 0.2) is 0 Å². The zero-order valence-electron chi connectivity index (χ0n) is 11.1. The van der Waals surface area contributed by atoms with Crippen LogP contribution in [-0.2, 0) is 13.6 Å². The summed E-state index contributed by atoms with van der Waals surface area (Å²) in [6.45, 7) is 2.10. The van der Waals surface area contributed by atoms with E-state index in [0.717, 1.165) is 17.3 Å². The summed E-state index contributed by atoms with van der Waals surface area (Å²) < 4.78 is 27.7. The Hall–Kier alpha value is -2.44. The first-order valence-corrected chi connectivity index (χ1v) is 5.94. The maximum Gasteiger partial charge on any atom is 0.319 e. The SMILES string of the molecule is Cc1nn(C)cc1CNC(=O)Nc1ccc(F)cc1F. The monoisotopic (exact) mass is 280 g/mol. The highest BCUT2D eigenvalue weighted by atomic mass is 19.1. The maximum absolute atomic E-state index is 13.3. The van der Waals surface area contributed by atoms with Crippen LogP contribution in [0.3, 0.4) is 0 Å². The van der Waals surface area contributed by atoms with Gasteiger partial charge in [-0.1, -0.05) is 0 Å². The van der Waals surface area contributed by atoms with Gasteiger partial charge >= 0.3 is 6.03 Å². The van der Waals surface area contributed by atoms with Gasteiger partial charge in [-0.2, -0.15) is 5.10 Å². The van der Waals surface area contributed by atoms with E-state index in [1.165, 1.54) is 6.07 Å². The molecule has 0 atom stereocenters. The predicted molar refractivity (Wildman–Crippen MR) is 70.2 cm³/mol. The van der Waals surface area contributed by atoms with E-state index in [1.54, 1.807) is 17.9 Å². The van der Waals surface area contributed by atoms with Gasteiger partial charge in [0, 0.05) is 31.4 Å². The topological polar surface area (TPSA) is 59.0 Å². The third-order valence-electron chi connectivity index (χ3n) is 2.73. The molecule has 2 amide bonds. The van der Waals surface area contributed by atoms with E-state index >= 15 is 0 Å². The molecule has 1 aromatic heterocycles. The molecule has 1 aromatic carbocycles. The number of amides is 2. The van der Waals surface area contributed by atoms with E-state index in [0.29, 0.717) is 6.07 Å². The molecule has 7 heteroatoms. The van der Waals surface area contributed by atoms with Gasteiger partial charge < -0.3 is 10.6 Å². The van der Waals surface area contributed by atoms with E-state index in [2.05, 4.69) is 15.7 Å². The maximum atomic E-state index is 13.3. The fraction of sp³-hybridized carbons (Fsp3) is 0.231. The fourth-order valence-corrected chi connectivity index (χ4v) is 1.76. The number of halogens is 2. The van der Waals surface area contributed by atoms with Gasteiger partial charge in [-0.3, -0.25) is 4.68 Å². The van der Waals surface area contributed by atoms with Gasteiger partial charge in [-0.05, 0) is 19.1 Å². The molecule has 0 radical (unpaired) electrons. The summed E-state index contributed by atoms with van der Waals surface area (Å²) in [6.07, 6.45) is 1.79. The number of rotatable bonds is 3. The van der Waals surface area contributed by atoms with Crippen LogP contribution in [0.1, 0.15) is 11.3 Å². The Kier molecular flexibility index (Phi) is 3.97. The Bertz CT molecular complexity index is 639. The van der Waals surface area contributed by atoms with Crippen LogP contribution in [-0.4, -0.2) is 15.8 Å². The lowest BCUT2D eigenvalue weighted by Gasteiger charge is -2.08. The summed E-state index contributed by atoms with van der Waals surface area (Å²) >= 11 is 0. The molecule has 1 heterocycles. The van der Waals surface area contributed by atoms with Crippen molar-refractivity contribution in [1.29, 1.82) is 0 Å². The molecule has 0 saturated carbocycles. The lowest BCUT2D eigenvalue weighted by atomic mass is 10.2. The van der Waals surface area contributed by atoms with Crippen molar-refractivity contribution < 1.29 is 13.6 Å². The third-order valence-corrected chi connectivity index (χ3v) is 2.73. The first-order valence-electron chi connectivity index (χ1n) is 5.94. The second-order valence-corrected chi connectivity index (χ2v) is 4.35. The largest absolute Gasteiger partial charge is 0.334 e. The van der Waals surface area contributed by atoms with Crippen molar-refractivity contribution in [3.05, 3.63) is 47.3 Å². The Morgan fingerprint density at radius 1 is 1.40 bits per heavy atom. The number of benzene rings is 1. The van der Waals surface area contributed by atoms with Crippen LogP contribution in [0.5, 0.6) is 0 Å². The van der Waals surface area contributed by atoms with Crippen molar-refractivity contribution >= 4 is 11.7 Å². The lowest BCUT2D eigenvalue weighted by molar-refractivity contribution is 0.251. The highest BCUT2D eigenvalue weighted by Gasteiger charge is 2.09. The Balaban J connectivity index is 1.94.